The van der Waals surface area contributed by atoms with Crippen LogP contribution in [0, 0.1) is 0 Å². The number of nitrogens with one attached hydrogen (secondary N) is 1. The van der Waals surface area contributed by atoms with Gasteiger partial charge in [-0.05, 0) is 31.2 Å². The Balaban J connectivity index is 1.66. The van der Waals surface area contributed by atoms with Gasteiger partial charge in [0.05, 0.1) is 11.0 Å². The van der Waals surface area contributed by atoms with Crippen LogP contribution in [-0.2, 0) is 16.1 Å². The summed E-state index contributed by atoms with van der Waals surface area (Å²) in [6, 6.07) is 13.9. The number of esters is 1. The SMILES string of the molecule is C[C@H](NC(=O)c1ccccc1)C(=O)OCc1nc2ccccc2n1C(F)F. The molecule has 0 aliphatic heterocycles. The van der Waals surface area contributed by atoms with Crippen molar-refractivity contribution >= 4 is 22.9 Å². The summed E-state index contributed by atoms with van der Waals surface area (Å²) in [5.74, 6) is -1.24. The summed E-state index contributed by atoms with van der Waals surface area (Å²) in [6.45, 7) is -1.79. The van der Waals surface area contributed by atoms with E-state index in [-0.39, 0.29) is 11.3 Å². The number of amides is 1. The summed E-state index contributed by atoms with van der Waals surface area (Å²) in [5.41, 5.74) is 1.04. The normalized spacial score (nSPS) is 12.1. The lowest BCUT2D eigenvalue weighted by Gasteiger charge is -2.14. The zero-order chi connectivity index (χ0) is 19.4. The molecule has 1 atom stereocenters. The Morgan fingerprint density at radius 1 is 1.11 bits per heavy atom. The summed E-state index contributed by atoms with van der Waals surface area (Å²) in [5, 5.41) is 2.51. The average Bonchev–Trinajstić information content (AvgIpc) is 3.05. The highest BCUT2D eigenvalue weighted by molar-refractivity contribution is 5.96. The second-order valence-electron chi connectivity index (χ2n) is 5.83. The maximum atomic E-state index is 13.4. The van der Waals surface area contributed by atoms with Gasteiger partial charge in [0.1, 0.15) is 12.6 Å². The Morgan fingerprint density at radius 2 is 1.78 bits per heavy atom. The highest BCUT2D eigenvalue weighted by Gasteiger charge is 2.21. The molecular formula is C19H17F2N3O3. The number of aromatic nitrogens is 2. The van der Waals surface area contributed by atoms with E-state index in [9.17, 15) is 18.4 Å². The van der Waals surface area contributed by atoms with E-state index in [0.29, 0.717) is 11.1 Å². The predicted molar refractivity (Wildman–Crippen MR) is 94.2 cm³/mol. The third-order valence-electron chi connectivity index (χ3n) is 3.94. The summed E-state index contributed by atoms with van der Waals surface area (Å²) in [7, 11) is 0. The number of imidazole rings is 1. The average molecular weight is 373 g/mol. The van der Waals surface area contributed by atoms with Crippen LogP contribution in [0.1, 0.15) is 29.7 Å². The van der Waals surface area contributed by atoms with Crippen molar-refractivity contribution in [2.45, 2.75) is 26.1 Å². The molecule has 140 valence electrons. The van der Waals surface area contributed by atoms with Crippen molar-refractivity contribution in [3.8, 4) is 0 Å². The molecule has 1 aromatic heterocycles. The molecule has 0 spiro atoms. The summed E-state index contributed by atoms with van der Waals surface area (Å²) in [6.07, 6.45) is 0. The van der Waals surface area contributed by atoms with Crippen LogP contribution in [0.5, 0.6) is 0 Å². The van der Waals surface area contributed by atoms with E-state index < -0.39 is 31.1 Å². The second kappa shape index (κ2) is 7.94. The van der Waals surface area contributed by atoms with Crippen LogP contribution >= 0.6 is 0 Å². The van der Waals surface area contributed by atoms with Crippen molar-refractivity contribution in [1.82, 2.24) is 14.9 Å². The van der Waals surface area contributed by atoms with Gasteiger partial charge in [0.25, 0.3) is 5.91 Å². The standard InChI is InChI=1S/C19H17F2N3O3/c1-12(22-17(25)13-7-3-2-4-8-13)18(26)27-11-16-23-14-9-5-6-10-15(14)24(16)19(20)21/h2-10,12,19H,11H2,1H3,(H,22,25)/t12-/m0/s1. The number of hydrogen-bond donors (Lipinski definition) is 1. The van der Waals surface area contributed by atoms with E-state index in [4.69, 9.17) is 4.74 Å². The number of ether oxygens (including phenoxy) is 1. The number of hydrogen-bond acceptors (Lipinski definition) is 4. The molecule has 0 fully saturated rings. The Kier molecular flexibility index (Phi) is 5.44. The number of carbonyl (C=O) groups is 2. The van der Waals surface area contributed by atoms with Crippen LogP contribution in [0.2, 0.25) is 0 Å². The number of para-hydroxylation sites is 2. The monoisotopic (exact) mass is 373 g/mol. The number of nitrogens with zero attached hydrogens (tertiary/aromatic N) is 2. The molecular weight excluding hydrogens is 356 g/mol. The smallest absolute Gasteiger partial charge is 0.328 e. The van der Waals surface area contributed by atoms with E-state index >= 15 is 0 Å². The molecule has 8 heteroatoms. The third-order valence-corrected chi connectivity index (χ3v) is 3.94. The number of benzene rings is 2. The Hall–Kier alpha value is -3.29. The Bertz CT molecular complexity index is 957. The first kappa shape index (κ1) is 18.5. The largest absolute Gasteiger partial charge is 0.456 e. The summed E-state index contributed by atoms with van der Waals surface area (Å²) >= 11 is 0. The molecule has 0 saturated heterocycles. The molecule has 0 unspecified atom stereocenters. The summed E-state index contributed by atoms with van der Waals surface area (Å²) in [4.78, 5) is 28.3. The molecule has 0 saturated carbocycles. The van der Waals surface area contributed by atoms with Gasteiger partial charge in [-0.15, -0.1) is 0 Å². The third kappa shape index (κ3) is 4.11. The Labute approximate surface area is 153 Å². The van der Waals surface area contributed by atoms with E-state index in [2.05, 4.69) is 10.3 Å². The summed E-state index contributed by atoms with van der Waals surface area (Å²) < 4.78 is 32.5. The molecule has 2 aromatic carbocycles. The zero-order valence-electron chi connectivity index (χ0n) is 14.4. The van der Waals surface area contributed by atoms with Crippen molar-refractivity contribution < 1.29 is 23.1 Å². The molecule has 3 rings (SSSR count). The second-order valence-corrected chi connectivity index (χ2v) is 5.83. The molecule has 0 bridgehead atoms. The molecule has 0 radical (unpaired) electrons. The van der Waals surface area contributed by atoms with Crippen molar-refractivity contribution in [1.29, 1.82) is 0 Å². The van der Waals surface area contributed by atoms with Crippen LogP contribution in [0.4, 0.5) is 8.78 Å². The first-order chi connectivity index (χ1) is 13.0. The maximum Gasteiger partial charge on any atom is 0.328 e. The first-order valence-corrected chi connectivity index (χ1v) is 8.24. The van der Waals surface area contributed by atoms with Crippen molar-refractivity contribution in [2.24, 2.45) is 0 Å². The van der Waals surface area contributed by atoms with Gasteiger partial charge in [-0.3, -0.25) is 9.36 Å². The lowest BCUT2D eigenvalue weighted by molar-refractivity contribution is -0.147. The van der Waals surface area contributed by atoms with Gasteiger partial charge in [0.2, 0.25) is 0 Å². The highest BCUT2D eigenvalue weighted by Crippen LogP contribution is 2.23. The maximum absolute atomic E-state index is 13.4. The molecule has 6 nitrogen and oxygen atoms in total. The minimum atomic E-state index is -2.82. The number of halogens is 2. The van der Waals surface area contributed by atoms with E-state index in [0.717, 1.165) is 4.57 Å². The van der Waals surface area contributed by atoms with Gasteiger partial charge in [0, 0.05) is 5.56 Å². The highest BCUT2D eigenvalue weighted by atomic mass is 19.3. The van der Waals surface area contributed by atoms with Gasteiger partial charge >= 0.3 is 12.5 Å². The number of rotatable bonds is 6. The van der Waals surface area contributed by atoms with E-state index in [1.54, 1.807) is 48.5 Å². The fraction of sp³-hybridized carbons (Fsp3) is 0.211. The van der Waals surface area contributed by atoms with Gasteiger partial charge in [-0.2, -0.15) is 8.78 Å². The van der Waals surface area contributed by atoms with Gasteiger partial charge in [-0.25, -0.2) is 9.78 Å². The van der Waals surface area contributed by atoms with Gasteiger partial charge in [-0.1, -0.05) is 30.3 Å². The zero-order valence-corrected chi connectivity index (χ0v) is 14.4. The number of carbonyl (C=O) groups excluding carboxylic acids is 2. The minimum Gasteiger partial charge on any atom is -0.456 e. The minimum absolute atomic E-state index is 0.0684. The van der Waals surface area contributed by atoms with Crippen molar-refractivity contribution in [3.05, 3.63) is 66.0 Å². The lowest BCUT2D eigenvalue weighted by atomic mass is 10.2. The van der Waals surface area contributed by atoms with Crippen LogP contribution in [-0.4, -0.2) is 27.5 Å². The molecule has 3 aromatic rings. The molecule has 0 aliphatic carbocycles. The van der Waals surface area contributed by atoms with E-state index in [1.165, 1.54) is 13.0 Å². The van der Waals surface area contributed by atoms with Crippen molar-refractivity contribution in [3.63, 3.8) is 0 Å². The van der Waals surface area contributed by atoms with Crippen LogP contribution < -0.4 is 5.32 Å². The van der Waals surface area contributed by atoms with Crippen molar-refractivity contribution in [2.75, 3.05) is 0 Å². The Morgan fingerprint density at radius 3 is 2.48 bits per heavy atom. The van der Waals surface area contributed by atoms with Gasteiger partial charge < -0.3 is 10.1 Å². The van der Waals surface area contributed by atoms with Crippen LogP contribution in [0.3, 0.4) is 0 Å². The molecule has 0 aliphatic rings. The van der Waals surface area contributed by atoms with Crippen LogP contribution in [0.25, 0.3) is 11.0 Å². The fourth-order valence-corrected chi connectivity index (χ4v) is 2.60. The fourth-order valence-electron chi connectivity index (χ4n) is 2.60. The molecule has 1 N–H and O–H groups in total. The molecule has 1 heterocycles. The quantitative estimate of drug-likeness (QED) is 0.673. The number of fused-ring (bicyclic) bond motifs is 1. The van der Waals surface area contributed by atoms with Gasteiger partial charge in [0.15, 0.2) is 5.82 Å². The number of alkyl halides is 2. The molecule has 1 amide bonds. The van der Waals surface area contributed by atoms with Crippen LogP contribution in [0.15, 0.2) is 54.6 Å². The lowest BCUT2D eigenvalue weighted by Crippen LogP contribution is -2.39. The predicted octanol–water partition coefficient (Wildman–Crippen LogP) is 3.29. The topological polar surface area (TPSA) is 73.2 Å². The molecule has 27 heavy (non-hydrogen) atoms. The van der Waals surface area contributed by atoms with E-state index in [1.807, 2.05) is 0 Å². The first-order valence-electron chi connectivity index (χ1n) is 8.24.